The average molecular weight is 248 g/mol. The highest BCUT2D eigenvalue weighted by molar-refractivity contribution is 7.71. The predicted molar refractivity (Wildman–Crippen MR) is 68.0 cm³/mol. The fraction of sp³-hybridized carbons (Fsp3) is 0.167. The summed E-state index contributed by atoms with van der Waals surface area (Å²) in [6.45, 7) is 0. The molecule has 2 rings (SSSR count). The maximum absolute atomic E-state index is 11.6. The molecule has 0 unspecified atom stereocenters. The molecule has 2 aromatic rings. The minimum absolute atomic E-state index is 0.149. The second-order valence-corrected chi connectivity index (χ2v) is 4.03. The van der Waals surface area contributed by atoms with E-state index in [0.29, 0.717) is 16.8 Å². The summed E-state index contributed by atoms with van der Waals surface area (Å²) in [5.41, 5.74) is 1.55. The van der Waals surface area contributed by atoms with Crippen LogP contribution < -0.4 is 10.3 Å². The van der Waals surface area contributed by atoms with Gasteiger partial charge in [0, 0.05) is 18.2 Å². The molecule has 0 saturated carbocycles. The number of aromatic amines is 2. The Bertz CT molecular complexity index is 613. The highest BCUT2D eigenvalue weighted by Gasteiger charge is 2.01. The van der Waals surface area contributed by atoms with Crippen molar-refractivity contribution in [1.29, 1.82) is 0 Å². The van der Waals surface area contributed by atoms with Crippen LogP contribution in [0.25, 0.3) is 0 Å². The molecule has 0 saturated heterocycles. The Morgan fingerprint density at radius 2 is 2.00 bits per heavy atom. The molecular weight excluding hydrogens is 236 g/mol. The monoisotopic (exact) mass is 248 g/mol. The summed E-state index contributed by atoms with van der Waals surface area (Å²) in [5.74, 6) is 0.801. The molecule has 0 radical (unpaired) electrons. The first-order valence-electron chi connectivity index (χ1n) is 5.13. The molecule has 0 fully saturated rings. The lowest BCUT2D eigenvalue weighted by atomic mass is 10.1. The van der Waals surface area contributed by atoms with Crippen molar-refractivity contribution in [3.05, 3.63) is 56.7 Å². The Morgan fingerprint density at radius 1 is 1.29 bits per heavy atom. The van der Waals surface area contributed by atoms with Crippen LogP contribution in [0.1, 0.15) is 11.1 Å². The quantitative estimate of drug-likeness (QED) is 0.817. The van der Waals surface area contributed by atoms with Crippen LogP contribution >= 0.6 is 12.2 Å². The van der Waals surface area contributed by atoms with Gasteiger partial charge in [0.15, 0.2) is 4.77 Å². The first kappa shape index (κ1) is 11.6. The zero-order valence-corrected chi connectivity index (χ0v) is 10.1. The topological polar surface area (TPSA) is 57.9 Å². The van der Waals surface area contributed by atoms with Gasteiger partial charge in [0.2, 0.25) is 0 Å². The number of rotatable bonds is 3. The summed E-state index contributed by atoms with van der Waals surface area (Å²) in [7, 11) is 1.62. The van der Waals surface area contributed by atoms with Crippen LogP contribution in [0, 0.1) is 4.77 Å². The minimum Gasteiger partial charge on any atom is -0.497 e. The molecule has 0 bridgehead atoms. The standard InChI is InChI=1S/C12H12N2O2S/c1-16-10-4-2-8(3-5-10)6-9-7-13-12(17)14-11(9)15/h2-5,7H,6H2,1H3,(H2,13,14,15,17). The van der Waals surface area contributed by atoms with E-state index in [1.165, 1.54) is 0 Å². The van der Waals surface area contributed by atoms with E-state index in [1.54, 1.807) is 13.3 Å². The first-order chi connectivity index (χ1) is 8.19. The van der Waals surface area contributed by atoms with Gasteiger partial charge < -0.3 is 9.72 Å². The van der Waals surface area contributed by atoms with E-state index in [9.17, 15) is 4.79 Å². The number of ether oxygens (including phenoxy) is 1. The van der Waals surface area contributed by atoms with Gasteiger partial charge >= 0.3 is 0 Å². The molecule has 1 heterocycles. The van der Waals surface area contributed by atoms with E-state index in [-0.39, 0.29) is 5.56 Å². The molecule has 0 spiro atoms. The number of methoxy groups -OCH3 is 1. The van der Waals surface area contributed by atoms with Crippen molar-refractivity contribution in [2.24, 2.45) is 0 Å². The second kappa shape index (κ2) is 4.97. The number of aromatic nitrogens is 2. The van der Waals surface area contributed by atoms with Crippen LogP contribution in [0.3, 0.4) is 0 Å². The van der Waals surface area contributed by atoms with Crippen LogP contribution in [0.15, 0.2) is 35.3 Å². The lowest BCUT2D eigenvalue weighted by molar-refractivity contribution is 0.414. The van der Waals surface area contributed by atoms with E-state index < -0.39 is 0 Å². The number of hydrogen-bond acceptors (Lipinski definition) is 3. The molecule has 17 heavy (non-hydrogen) atoms. The van der Waals surface area contributed by atoms with Gasteiger partial charge in [0.1, 0.15) is 5.75 Å². The largest absolute Gasteiger partial charge is 0.497 e. The highest BCUT2D eigenvalue weighted by Crippen LogP contribution is 2.13. The number of hydrogen-bond donors (Lipinski definition) is 2. The first-order valence-corrected chi connectivity index (χ1v) is 5.53. The molecule has 0 amide bonds. The lowest BCUT2D eigenvalue weighted by Gasteiger charge is -2.03. The summed E-state index contributed by atoms with van der Waals surface area (Å²) in [6.07, 6.45) is 2.21. The van der Waals surface area contributed by atoms with Gasteiger partial charge in [-0.1, -0.05) is 12.1 Å². The SMILES string of the molecule is COc1ccc(Cc2c[nH]c(=S)[nH]c2=O)cc1. The summed E-state index contributed by atoms with van der Waals surface area (Å²) in [6, 6.07) is 7.60. The van der Waals surface area contributed by atoms with Crippen molar-refractivity contribution in [3.8, 4) is 5.75 Å². The molecule has 0 aliphatic rings. The summed E-state index contributed by atoms with van der Waals surface area (Å²) in [5, 5.41) is 0. The number of H-pyrrole nitrogens is 2. The second-order valence-electron chi connectivity index (χ2n) is 3.62. The molecule has 0 atom stereocenters. The minimum atomic E-state index is -0.149. The molecule has 0 aliphatic heterocycles. The molecular formula is C12H12N2O2S. The van der Waals surface area contributed by atoms with Crippen LogP contribution in [0.4, 0.5) is 0 Å². The van der Waals surface area contributed by atoms with Gasteiger partial charge in [-0.3, -0.25) is 9.78 Å². The van der Waals surface area contributed by atoms with Gasteiger partial charge in [-0.05, 0) is 29.9 Å². The van der Waals surface area contributed by atoms with E-state index in [2.05, 4.69) is 9.97 Å². The third kappa shape index (κ3) is 2.82. The molecule has 2 N–H and O–H groups in total. The molecule has 0 aliphatic carbocycles. The molecule has 88 valence electrons. The van der Waals surface area contributed by atoms with Crippen molar-refractivity contribution in [3.63, 3.8) is 0 Å². The highest BCUT2D eigenvalue weighted by atomic mass is 32.1. The van der Waals surface area contributed by atoms with E-state index in [0.717, 1.165) is 11.3 Å². The maximum Gasteiger partial charge on any atom is 0.255 e. The van der Waals surface area contributed by atoms with Gasteiger partial charge in [-0.2, -0.15) is 0 Å². The van der Waals surface area contributed by atoms with Crippen LogP contribution in [-0.2, 0) is 6.42 Å². The fourth-order valence-corrected chi connectivity index (χ4v) is 1.68. The van der Waals surface area contributed by atoms with Crippen molar-refractivity contribution < 1.29 is 4.74 Å². The van der Waals surface area contributed by atoms with Crippen LogP contribution in [0.5, 0.6) is 5.75 Å². The lowest BCUT2D eigenvalue weighted by Crippen LogP contribution is -2.13. The normalized spacial score (nSPS) is 10.2. The molecule has 1 aromatic heterocycles. The average Bonchev–Trinajstić information content (AvgIpc) is 2.34. The Hall–Kier alpha value is -1.88. The van der Waals surface area contributed by atoms with Crippen molar-refractivity contribution >= 4 is 12.2 Å². The van der Waals surface area contributed by atoms with E-state index >= 15 is 0 Å². The molecule has 4 nitrogen and oxygen atoms in total. The van der Waals surface area contributed by atoms with Gasteiger partial charge in [0.25, 0.3) is 5.56 Å². The Balaban J connectivity index is 2.25. The Kier molecular flexibility index (Phi) is 3.39. The number of nitrogens with one attached hydrogen (secondary N) is 2. The van der Waals surface area contributed by atoms with Gasteiger partial charge in [0.05, 0.1) is 7.11 Å². The number of benzene rings is 1. The third-order valence-electron chi connectivity index (χ3n) is 2.45. The molecule has 5 heteroatoms. The van der Waals surface area contributed by atoms with E-state index in [4.69, 9.17) is 17.0 Å². The van der Waals surface area contributed by atoms with Gasteiger partial charge in [-0.15, -0.1) is 0 Å². The predicted octanol–water partition coefficient (Wildman–Crippen LogP) is 2.03. The zero-order valence-electron chi connectivity index (χ0n) is 9.32. The maximum atomic E-state index is 11.6. The summed E-state index contributed by atoms with van der Waals surface area (Å²) < 4.78 is 5.41. The van der Waals surface area contributed by atoms with Crippen molar-refractivity contribution in [2.45, 2.75) is 6.42 Å². The van der Waals surface area contributed by atoms with Crippen molar-refractivity contribution in [2.75, 3.05) is 7.11 Å². The van der Waals surface area contributed by atoms with Crippen molar-refractivity contribution in [1.82, 2.24) is 9.97 Å². The summed E-state index contributed by atoms with van der Waals surface area (Å²) in [4.78, 5) is 17.0. The third-order valence-corrected chi connectivity index (χ3v) is 2.67. The fourth-order valence-electron chi connectivity index (χ4n) is 1.53. The van der Waals surface area contributed by atoms with E-state index in [1.807, 2.05) is 24.3 Å². The Morgan fingerprint density at radius 3 is 2.59 bits per heavy atom. The zero-order chi connectivity index (χ0) is 12.3. The van der Waals surface area contributed by atoms with Crippen LogP contribution in [0.2, 0.25) is 0 Å². The smallest absolute Gasteiger partial charge is 0.255 e. The molecule has 1 aromatic carbocycles. The summed E-state index contributed by atoms with van der Waals surface area (Å²) >= 11 is 4.83. The van der Waals surface area contributed by atoms with Crippen LogP contribution in [-0.4, -0.2) is 17.1 Å². The Labute approximate surface area is 103 Å². The van der Waals surface area contributed by atoms with Gasteiger partial charge in [-0.25, -0.2) is 0 Å².